The van der Waals surface area contributed by atoms with Gasteiger partial charge in [-0.15, -0.1) is 0 Å². The molecule has 1 N–H and O–H groups in total. The Kier molecular flexibility index (Phi) is 4.38. The van der Waals surface area contributed by atoms with E-state index in [1.807, 2.05) is 6.07 Å². The molecule has 22 heavy (non-hydrogen) atoms. The molecule has 2 aliphatic rings. The number of amides is 2. The third-order valence-corrected chi connectivity index (χ3v) is 4.06. The molecule has 2 amide bonds. The Morgan fingerprint density at radius 1 is 1.18 bits per heavy atom. The lowest BCUT2D eigenvalue weighted by molar-refractivity contribution is -0.147. The van der Waals surface area contributed by atoms with Crippen LogP contribution in [0.1, 0.15) is 18.4 Å². The number of carbonyl (C=O) groups excluding carboxylic acids is 2. The number of halogens is 1. The zero-order chi connectivity index (χ0) is 15.5. The third kappa shape index (κ3) is 3.82. The fraction of sp³-hybridized carbons (Fsp3) is 0.500. The van der Waals surface area contributed by atoms with Gasteiger partial charge < -0.3 is 10.2 Å². The zero-order valence-electron chi connectivity index (χ0n) is 12.4. The average molecular weight is 305 g/mol. The molecule has 1 aromatic carbocycles. The first-order chi connectivity index (χ1) is 10.6. The van der Waals surface area contributed by atoms with E-state index >= 15 is 0 Å². The molecule has 1 aliphatic heterocycles. The number of piperazine rings is 1. The molecule has 1 heterocycles. The van der Waals surface area contributed by atoms with Crippen LogP contribution < -0.4 is 5.32 Å². The van der Waals surface area contributed by atoms with Gasteiger partial charge in [-0.1, -0.05) is 12.1 Å². The van der Waals surface area contributed by atoms with Gasteiger partial charge >= 0.3 is 11.8 Å². The maximum atomic E-state index is 13.2. The third-order valence-electron chi connectivity index (χ3n) is 4.06. The van der Waals surface area contributed by atoms with E-state index < -0.39 is 11.8 Å². The summed E-state index contributed by atoms with van der Waals surface area (Å²) in [4.78, 5) is 27.5. The Bertz CT molecular complexity index is 566. The summed E-state index contributed by atoms with van der Waals surface area (Å²) in [6, 6.07) is 6.75. The van der Waals surface area contributed by atoms with Crippen molar-refractivity contribution in [1.82, 2.24) is 15.1 Å². The SMILES string of the molecule is O=C(NC1CC1)C(=O)N1CCN(Cc2cccc(F)c2)CC1. The van der Waals surface area contributed by atoms with Crippen LogP contribution in [-0.4, -0.2) is 53.8 Å². The van der Waals surface area contributed by atoms with Crippen molar-refractivity contribution in [2.75, 3.05) is 26.2 Å². The Morgan fingerprint density at radius 2 is 1.91 bits per heavy atom. The van der Waals surface area contributed by atoms with Gasteiger partial charge in [-0.3, -0.25) is 14.5 Å². The van der Waals surface area contributed by atoms with Crippen LogP contribution >= 0.6 is 0 Å². The molecule has 0 bridgehead atoms. The van der Waals surface area contributed by atoms with Gasteiger partial charge in [0, 0.05) is 38.8 Å². The summed E-state index contributed by atoms with van der Waals surface area (Å²) in [6.07, 6.45) is 1.95. The van der Waals surface area contributed by atoms with E-state index in [4.69, 9.17) is 0 Å². The Hall–Kier alpha value is -1.95. The van der Waals surface area contributed by atoms with Crippen LogP contribution in [-0.2, 0) is 16.1 Å². The van der Waals surface area contributed by atoms with E-state index in [2.05, 4.69) is 10.2 Å². The summed E-state index contributed by atoms with van der Waals surface area (Å²) >= 11 is 0. The first-order valence-corrected chi connectivity index (χ1v) is 7.68. The van der Waals surface area contributed by atoms with Gasteiger partial charge in [0.05, 0.1) is 0 Å². The molecule has 118 valence electrons. The second kappa shape index (κ2) is 6.44. The van der Waals surface area contributed by atoms with Crippen LogP contribution in [0.25, 0.3) is 0 Å². The molecule has 0 unspecified atom stereocenters. The monoisotopic (exact) mass is 305 g/mol. The van der Waals surface area contributed by atoms with Gasteiger partial charge in [-0.05, 0) is 30.5 Å². The highest BCUT2D eigenvalue weighted by Crippen LogP contribution is 2.18. The molecule has 1 saturated carbocycles. The van der Waals surface area contributed by atoms with Crippen LogP contribution in [0.3, 0.4) is 0 Å². The van der Waals surface area contributed by atoms with Crippen molar-refractivity contribution in [3.8, 4) is 0 Å². The van der Waals surface area contributed by atoms with Crippen molar-refractivity contribution in [3.63, 3.8) is 0 Å². The topological polar surface area (TPSA) is 52.7 Å². The quantitative estimate of drug-likeness (QED) is 0.839. The number of benzene rings is 1. The molecular formula is C16H20FN3O2. The second-order valence-corrected chi connectivity index (χ2v) is 5.95. The maximum absolute atomic E-state index is 13.2. The second-order valence-electron chi connectivity index (χ2n) is 5.95. The highest BCUT2D eigenvalue weighted by atomic mass is 19.1. The smallest absolute Gasteiger partial charge is 0.311 e. The number of nitrogens with one attached hydrogen (secondary N) is 1. The molecule has 0 spiro atoms. The predicted octanol–water partition coefficient (Wildman–Crippen LogP) is 0.748. The Labute approximate surface area is 129 Å². The summed E-state index contributed by atoms with van der Waals surface area (Å²) in [5.41, 5.74) is 0.922. The summed E-state index contributed by atoms with van der Waals surface area (Å²) in [5.74, 6) is -1.15. The fourth-order valence-electron chi connectivity index (χ4n) is 2.62. The lowest BCUT2D eigenvalue weighted by Crippen LogP contribution is -2.52. The van der Waals surface area contributed by atoms with Gasteiger partial charge in [-0.2, -0.15) is 0 Å². The lowest BCUT2D eigenvalue weighted by Gasteiger charge is -2.34. The number of hydrogen-bond acceptors (Lipinski definition) is 3. The van der Waals surface area contributed by atoms with E-state index in [1.54, 1.807) is 11.0 Å². The maximum Gasteiger partial charge on any atom is 0.311 e. The first-order valence-electron chi connectivity index (χ1n) is 7.68. The van der Waals surface area contributed by atoms with E-state index in [-0.39, 0.29) is 11.9 Å². The van der Waals surface area contributed by atoms with E-state index in [1.165, 1.54) is 12.1 Å². The van der Waals surface area contributed by atoms with Crippen LogP contribution in [0.2, 0.25) is 0 Å². The van der Waals surface area contributed by atoms with Crippen molar-refractivity contribution in [3.05, 3.63) is 35.6 Å². The van der Waals surface area contributed by atoms with Crippen molar-refractivity contribution >= 4 is 11.8 Å². The zero-order valence-corrected chi connectivity index (χ0v) is 12.4. The van der Waals surface area contributed by atoms with E-state index in [0.717, 1.165) is 18.4 Å². The highest BCUT2D eigenvalue weighted by molar-refractivity contribution is 6.35. The minimum Gasteiger partial charge on any atom is -0.345 e. The molecule has 0 radical (unpaired) electrons. The van der Waals surface area contributed by atoms with Crippen LogP contribution in [0.5, 0.6) is 0 Å². The Balaban J connectivity index is 1.47. The van der Waals surface area contributed by atoms with E-state index in [9.17, 15) is 14.0 Å². The molecule has 1 saturated heterocycles. The summed E-state index contributed by atoms with van der Waals surface area (Å²) in [5, 5.41) is 2.72. The first kappa shape index (κ1) is 15.0. The largest absolute Gasteiger partial charge is 0.345 e. The minimum absolute atomic E-state index is 0.200. The fourth-order valence-corrected chi connectivity index (χ4v) is 2.62. The highest BCUT2D eigenvalue weighted by Gasteiger charge is 2.30. The number of carbonyl (C=O) groups is 2. The van der Waals surface area contributed by atoms with Gasteiger partial charge in [0.2, 0.25) is 0 Å². The molecule has 0 aromatic heterocycles. The number of nitrogens with zero attached hydrogens (tertiary/aromatic N) is 2. The van der Waals surface area contributed by atoms with Crippen LogP contribution in [0.15, 0.2) is 24.3 Å². The molecule has 3 rings (SSSR count). The number of hydrogen-bond donors (Lipinski definition) is 1. The normalized spacial score (nSPS) is 19.0. The van der Waals surface area contributed by atoms with Crippen molar-refractivity contribution in [2.45, 2.75) is 25.4 Å². The van der Waals surface area contributed by atoms with Crippen LogP contribution in [0, 0.1) is 5.82 Å². The van der Waals surface area contributed by atoms with Gasteiger partial charge in [0.15, 0.2) is 0 Å². The predicted molar refractivity (Wildman–Crippen MR) is 79.4 cm³/mol. The molecule has 1 aromatic rings. The summed E-state index contributed by atoms with van der Waals surface area (Å²) in [6.45, 7) is 3.12. The average Bonchev–Trinajstić information content (AvgIpc) is 3.31. The molecule has 2 fully saturated rings. The van der Waals surface area contributed by atoms with Gasteiger partial charge in [0.25, 0.3) is 0 Å². The van der Waals surface area contributed by atoms with Gasteiger partial charge in [-0.25, -0.2) is 4.39 Å². The molecular weight excluding hydrogens is 285 g/mol. The summed E-state index contributed by atoms with van der Waals surface area (Å²) < 4.78 is 13.2. The number of rotatable bonds is 3. The van der Waals surface area contributed by atoms with E-state index in [0.29, 0.717) is 32.7 Å². The summed E-state index contributed by atoms with van der Waals surface area (Å²) in [7, 11) is 0. The lowest BCUT2D eigenvalue weighted by atomic mass is 10.2. The van der Waals surface area contributed by atoms with Crippen LogP contribution in [0.4, 0.5) is 4.39 Å². The molecule has 1 aliphatic carbocycles. The van der Waals surface area contributed by atoms with Crippen molar-refractivity contribution in [2.24, 2.45) is 0 Å². The standard InChI is InChI=1S/C16H20FN3O2/c17-13-3-1-2-12(10-13)11-19-6-8-20(9-7-19)16(22)15(21)18-14-4-5-14/h1-3,10,14H,4-9,11H2,(H,18,21). The van der Waals surface area contributed by atoms with Gasteiger partial charge in [0.1, 0.15) is 5.82 Å². The van der Waals surface area contributed by atoms with Crippen molar-refractivity contribution < 1.29 is 14.0 Å². The molecule has 6 heteroatoms. The molecule has 0 atom stereocenters. The Morgan fingerprint density at radius 3 is 2.55 bits per heavy atom. The van der Waals surface area contributed by atoms with Crippen molar-refractivity contribution in [1.29, 1.82) is 0 Å². The molecule has 5 nitrogen and oxygen atoms in total. The minimum atomic E-state index is -0.485.